The molecule has 4 fully saturated rings. The largest absolute Gasteiger partial charge is 0.463 e. The van der Waals surface area contributed by atoms with Gasteiger partial charge in [0.2, 0.25) is 0 Å². The van der Waals surface area contributed by atoms with Gasteiger partial charge in [0.15, 0.2) is 80.1 Å². The summed E-state index contributed by atoms with van der Waals surface area (Å²) in [5.74, 6) is -13.5. The summed E-state index contributed by atoms with van der Waals surface area (Å²) < 4.78 is 115. The molecule has 20 atom stereocenters. The summed E-state index contributed by atoms with van der Waals surface area (Å²) in [5.41, 5.74) is 0. The number of esters is 13. The molecular weight excluding hydrogens is 1140 g/mol. The zero-order valence-electron chi connectivity index (χ0n) is 47.8. The van der Waals surface area contributed by atoms with Crippen molar-refractivity contribution in [2.75, 3.05) is 26.4 Å². The molecule has 0 bridgehead atoms. The highest BCUT2D eigenvalue weighted by Gasteiger charge is 2.61. The molecular formula is C50H68O34. The molecule has 0 amide bonds. The fraction of sp³-hybridized carbons (Fsp3) is 0.740. The number of carbonyl (C=O) groups excluding carboxylic acids is 13. The minimum atomic E-state index is -2.21. The molecule has 472 valence electrons. The van der Waals surface area contributed by atoms with Gasteiger partial charge in [-0.2, -0.15) is 0 Å². The summed E-state index contributed by atoms with van der Waals surface area (Å²) in [6.07, 6.45) is -39.0. The quantitative estimate of drug-likeness (QED) is 0.0828. The van der Waals surface area contributed by atoms with Crippen LogP contribution in [0, 0.1) is 0 Å². The van der Waals surface area contributed by atoms with Crippen LogP contribution in [0.3, 0.4) is 0 Å². The van der Waals surface area contributed by atoms with Crippen LogP contribution in [0.2, 0.25) is 0 Å². The van der Waals surface area contributed by atoms with Gasteiger partial charge in [-0.3, -0.25) is 62.3 Å². The Kier molecular flexibility index (Phi) is 26.1. The fourth-order valence-corrected chi connectivity index (χ4v) is 9.06. The monoisotopic (exact) mass is 1210 g/mol. The maximum absolute atomic E-state index is 13.2. The van der Waals surface area contributed by atoms with Crippen LogP contribution in [-0.4, -0.2) is 232 Å². The Balaban J connectivity index is 1.97. The van der Waals surface area contributed by atoms with Crippen LogP contribution in [0.5, 0.6) is 0 Å². The molecule has 0 aliphatic carbocycles. The van der Waals surface area contributed by atoms with E-state index in [1.165, 1.54) is 0 Å². The van der Waals surface area contributed by atoms with Crippen LogP contribution in [-0.2, 0) is 157 Å². The topological polar surface area (TPSA) is 427 Å². The van der Waals surface area contributed by atoms with Crippen molar-refractivity contribution in [1.82, 2.24) is 0 Å². The maximum Gasteiger partial charge on any atom is 0.303 e. The van der Waals surface area contributed by atoms with Gasteiger partial charge < -0.3 is 99.8 Å². The van der Waals surface area contributed by atoms with E-state index >= 15 is 0 Å². The lowest BCUT2D eigenvalue weighted by molar-refractivity contribution is -0.388. The van der Waals surface area contributed by atoms with Crippen molar-refractivity contribution >= 4 is 77.6 Å². The summed E-state index contributed by atoms with van der Waals surface area (Å²) in [7, 11) is 0. The molecule has 34 nitrogen and oxygen atoms in total. The highest BCUT2D eigenvalue weighted by molar-refractivity contribution is 5.71. The number of hydrogen-bond acceptors (Lipinski definition) is 34. The molecule has 0 aromatic rings. The standard InChI is InChI=1S/C50H68O34/c1-18(51)65-14-31-36(39(70-23(6)56)43(47(64)78-31)74-27(10)60)82-49-45(76-29(12)62)41(72-25(8)58)38(33(80-49)16-67-20(3)53)84-50-46(77-30(13)63)42(73-26(9)59)37(34(81-50)17-68-21(4)54)83-48-44(75-28(11)61)40(71-24(7)57)35(69-22(5)55)32(79-48)15-66-19(2)52/h31-50,64H,14-17H2,1-13H3/t31-,32?,33?,34?,35?,36-,37?,38?,39+,40?,41?,42?,43-,44?,45?,46?,47-,48?,49?,50?/m1/s1. The first-order valence-electron chi connectivity index (χ1n) is 25.6. The molecule has 4 aliphatic heterocycles. The maximum atomic E-state index is 13.2. The first-order chi connectivity index (χ1) is 39.3. The minimum absolute atomic E-state index is 0.745. The summed E-state index contributed by atoms with van der Waals surface area (Å²) >= 11 is 0. The smallest absolute Gasteiger partial charge is 0.303 e. The van der Waals surface area contributed by atoms with Crippen molar-refractivity contribution in [2.45, 2.75) is 213 Å². The first kappa shape index (κ1) is 69.3. The van der Waals surface area contributed by atoms with E-state index in [9.17, 15) is 67.4 Å². The SMILES string of the molecule is CC(=O)OCC1OC(OC2C(COC(C)=O)OC(OC3C(COC(C)=O)OC(O[C@H]4[C@H](OC(C)=O)[C@@H](OC(C)=O)[C@H](O)O[C@@H]4COC(C)=O)C(OC(C)=O)C3OC(C)=O)C(OC(C)=O)C2OC(C)=O)C(OC(C)=O)C(OC(C)=O)C1OC(C)=O. The van der Waals surface area contributed by atoms with Gasteiger partial charge in [0.25, 0.3) is 0 Å². The predicted octanol–water partition coefficient (Wildman–Crippen LogP) is -2.33. The summed E-state index contributed by atoms with van der Waals surface area (Å²) in [6, 6.07) is 0. The van der Waals surface area contributed by atoms with E-state index in [0.717, 1.165) is 90.0 Å². The molecule has 0 spiro atoms. The van der Waals surface area contributed by atoms with Gasteiger partial charge in [0, 0.05) is 90.0 Å². The molecule has 34 heteroatoms. The second-order valence-corrected chi connectivity index (χ2v) is 18.9. The highest BCUT2D eigenvalue weighted by atomic mass is 16.8. The number of carbonyl (C=O) groups is 13. The van der Waals surface area contributed by atoms with Gasteiger partial charge in [-0.15, -0.1) is 0 Å². The average molecular weight is 1210 g/mol. The normalized spacial score (nSPS) is 32.7. The Labute approximate surface area is 478 Å². The zero-order valence-corrected chi connectivity index (χ0v) is 47.8. The van der Waals surface area contributed by atoms with E-state index < -0.39 is 227 Å². The average Bonchev–Trinajstić information content (AvgIpc) is 1.20. The lowest BCUT2D eigenvalue weighted by Gasteiger charge is -2.51. The number of aliphatic hydroxyl groups is 1. The van der Waals surface area contributed by atoms with Crippen molar-refractivity contribution in [1.29, 1.82) is 0 Å². The van der Waals surface area contributed by atoms with Gasteiger partial charge >= 0.3 is 77.6 Å². The third kappa shape index (κ3) is 20.5. The first-order valence-corrected chi connectivity index (χ1v) is 25.6. The van der Waals surface area contributed by atoms with Gasteiger partial charge in [0.05, 0.1) is 0 Å². The predicted molar refractivity (Wildman–Crippen MR) is 258 cm³/mol. The van der Waals surface area contributed by atoms with Crippen molar-refractivity contribution in [3.63, 3.8) is 0 Å². The fourth-order valence-electron chi connectivity index (χ4n) is 9.06. The molecule has 1 N–H and O–H groups in total. The molecule has 0 radical (unpaired) electrons. The second-order valence-electron chi connectivity index (χ2n) is 18.9. The molecule has 84 heavy (non-hydrogen) atoms. The summed E-state index contributed by atoms with van der Waals surface area (Å²) in [6.45, 7) is 8.90. The highest BCUT2D eigenvalue weighted by Crippen LogP contribution is 2.40. The van der Waals surface area contributed by atoms with E-state index in [-0.39, 0.29) is 0 Å². The van der Waals surface area contributed by atoms with Gasteiger partial charge in [0.1, 0.15) is 69.2 Å². The van der Waals surface area contributed by atoms with Crippen molar-refractivity contribution < 1.29 is 162 Å². The summed E-state index contributed by atoms with van der Waals surface area (Å²) in [5, 5.41) is 11.0. The van der Waals surface area contributed by atoms with Crippen molar-refractivity contribution in [2.24, 2.45) is 0 Å². The molecule has 4 rings (SSSR count). The van der Waals surface area contributed by atoms with Crippen molar-refractivity contribution in [3.05, 3.63) is 0 Å². The van der Waals surface area contributed by atoms with Crippen LogP contribution in [0.4, 0.5) is 0 Å². The van der Waals surface area contributed by atoms with E-state index in [1.54, 1.807) is 0 Å². The Morgan fingerprint density at radius 2 is 0.440 bits per heavy atom. The zero-order chi connectivity index (χ0) is 63.0. The molecule has 4 heterocycles. The lowest BCUT2D eigenvalue weighted by atomic mass is 9.94. The van der Waals surface area contributed by atoms with E-state index in [2.05, 4.69) is 0 Å². The molecule has 15 unspecified atom stereocenters. The Bertz CT molecular complexity index is 2410. The number of hydrogen-bond donors (Lipinski definition) is 1. The molecule has 0 saturated carbocycles. The number of aliphatic hydroxyl groups excluding tert-OH is 1. The van der Waals surface area contributed by atoms with Crippen LogP contribution in [0.1, 0.15) is 90.0 Å². The van der Waals surface area contributed by atoms with E-state index in [1.807, 2.05) is 0 Å². The van der Waals surface area contributed by atoms with Gasteiger partial charge in [-0.25, -0.2) is 0 Å². The van der Waals surface area contributed by atoms with Crippen LogP contribution in [0.25, 0.3) is 0 Å². The van der Waals surface area contributed by atoms with Crippen LogP contribution < -0.4 is 0 Å². The van der Waals surface area contributed by atoms with Gasteiger partial charge in [-0.05, 0) is 0 Å². The molecule has 4 saturated heterocycles. The molecule has 0 aromatic heterocycles. The third-order valence-electron chi connectivity index (χ3n) is 11.8. The number of rotatable bonds is 23. The minimum Gasteiger partial charge on any atom is -0.463 e. The number of ether oxygens (including phenoxy) is 20. The summed E-state index contributed by atoms with van der Waals surface area (Å²) in [4.78, 5) is 165. The molecule has 4 aliphatic rings. The van der Waals surface area contributed by atoms with Crippen molar-refractivity contribution in [3.8, 4) is 0 Å². The molecule has 0 aromatic carbocycles. The Morgan fingerprint density at radius 3 is 0.690 bits per heavy atom. The van der Waals surface area contributed by atoms with Crippen LogP contribution in [0.15, 0.2) is 0 Å². The lowest BCUT2D eigenvalue weighted by Crippen LogP contribution is -2.69. The van der Waals surface area contributed by atoms with Crippen LogP contribution >= 0.6 is 0 Å². The Hall–Kier alpha value is -7.21. The Morgan fingerprint density at radius 1 is 0.250 bits per heavy atom. The second kappa shape index (κ2) is 31.6. The van der Waals surface area contributed by atoms with E-state index in [4.69, 9.17) is 94.7 Å². The van der Waals surface area contributed by atoms with E-state index in [0.29, 0.717) is 0 Å². The van der Waals surface area contributed by atoms with Gasteiger partial charge in [-0.1, -0.05) is 0 Å². The third-order valence-corrected chi connectivity index (χ3v) is 11.8.